The standard InChI is InChI=1S/C11H19N/c1-3-5-7-11-8-6-9-12(4-2)10-11/h6,8-9H,3-5,7,10H2,1-2H3. The minimum atomic E-state index is 1.12. The van der Waals surface area contributed by atoms with Gasteiger partial charge in [-0.15, -0.1) is 0 Å². The van der Waals surface area contributed by atoms with Gasteiger partial charge in [-0.1, -0.05) is 25.0 Å². The highest BCUT2D eigenvalue weighted by Gasteiger charge is 2.04. The van der Waals surface area contributed by atoms with Gasteiger partial charge in [0, 0.05) is 13.1 Å². The molecular weight excluding hydrogens is 146 g/mol. The fourth-order valence-electron chi connectivity index (χ4n) is 1.45. The molecule has 0 atom stereocenters. The summed E-state index contributed by atoms with van der Waals surface area (Å²) in [6.07, 6.45) is 10.5. The predicted molar refractivity (Wildman–Crippen MR) is 54.0 cm³/mol. The molecule has 0 radical (unpaired) electrons. The number of allylic oxidation sites excluding steroid dienone is 2. The van der Waals surface area contributed by atoms with Gasteiger partial charge in [0.15, 0.2) is 0 Å². The molecule has 1 rings (SSSR count). The quantitative estimate of drug-likeness (QED) is 0.619. The van der Waals surface area contributed by atoms with E-state index in [0.717, 1.165) is 13.1 Å². The Balaban J connectivity index is 2.35. The second-order valence-corrected chi connectivity index (χ2v) is 3.33. The van der Waals surface area contributed by atoms with Crippen molar-refractivity contribution in [2.75, 3.05) is 13.1 Å². The fraction of sp³-hybridized carbons (Fsp3) is 0.636. The molecule has 1 heteroatoms. The second-order valence-electron chi connectivity index (χ2n) is 3.33. The van der Waals surface area contributed by atoms with E-state index in [0.29, 0.717) is 0 Å². The molecule has 0 saturated carbocycles. The maximum absolute atomic E-state index is 2.35. The van der Waals surface area contributed by atoms with Gasteiger partial charge in [-0.05, 0) is 32.0 Å². The molecule has 68 valence electrons. The number of hydrogen-bond acceptors (Lipinski definition) is 1. The minimum Gasteiger partial charge on any atom is -0.374 e. The summed E-state index contributed by atoms with van der Waals surface area (Å²) in [4.78, 5) is 2.35. The van der Waals surface area contributed by atoms with Gasteiger partial charge >= 0.3 is 0 Å². The molecule has 0 amide bonds. The average molecular weight is 165 g/mol. The van der Waals surface area contributed by atoms with Crippen LogP contribution >= 0.6 is 0 Å². The molecule has 0 unspecified atom stereocenters. The van der Waals surface area contributed by atoms with E-state index in [2.05, 4.69) is 37.1 Å². The zero-order valence-corrected chi connectivity index (χ0v) is 8.21. The SMILES string of the molecule is CCCCC1=CC=CN(CC)C1. The first-order chi connectivity index (χ1) is 5.86. The van der Waals surface area contributed by atoms with Crippen LogP contribution in [0.3, 0.4) is 0 Å². The first-order valence-corrected chi connectivity index (χ1v) is 4.97. The highest BCUT2D eigenvalue weighted by Crippen LogP contribution is 2.13. The van der Waals surface area contributed by atoms with E-state index in [1.807, 2.05) is 0 Å². The Labute approximate surface area is 75.8 Å². The molecule has 0 fully saturated rings. The highest BCUT2D eigenvalue weighted by atomic mass is 15.1. The van der Waals surface area contributed by atoms with Crippen molar-refractivity contribution in [1.29, 1.82) is 0 Å². The lowest BCUT2D eigenvalue weighted by atomic mass is 10.1. The Kier molecular flexibility index (Phi) is 3.92. The fourth-order valence-corrected chi connectivity index (χ4v) is 1.45. The van der Waals surface area contributed by atoms with Crippen molar-refractivity contribution in [1.82, 2.24) is 4.90 Å². The molecule has 0 spiro atoms. The molecule has 1 heterocycles. The maximum atomic E-state index is 2.35. The third-order valence-electron chi connectivity index (χ3n) is 2.29. The van der Waals surface area contributed by atoms with Crippen molar-refractivity contribution in [3.63, 3.8) is 0 Å². The average Bonchev–Trinajstić information content (AvgIpc) is 2.15. The van der Waals surface area contributed by atoms with Crippen LogP contribution < -0.4 is 0 Å². The van der Waals surface area contributed by atoms with Gasteiger partial charge in [-0.25, -0.2) is 0 Å². The van der Waals surface area contributed by atoms with Crippen LogP contribution in [-0.2, 0) is 0 Å². The third kappa shape index (κ3) is 2.72. The monoisotopic (exact) mass is 165 g/mol. The minimum absolute atomic E-state index is 1.12. The molecule has 1 nitrogen and oxygen atoms in total. The van der Waals surface area contributed by atoms with Gasteiger partial charge in [0.25, 0.3) is 0 Å². The van der Waals surface area contributed by atoms with E-state index < -0.39 is 0 Å². The van der Waals surface area contributed by atoms with Crippen LogP contribution in [0.2, 0.25) is 0 Å². The maximum Gasteiger partial charge on any atom is 0.0386 e. The highest BCUT2D eigenvalue weighted by molar-refractivity contribution is 5.18. The van der Waals surface area contributed by atoms with E-state index in [9.17, 15) is 0 Å². The molecule has 0 aromatic carbocycles. The lowest BCUT2D eigenvalue weighted by Gasteiger charge is -2.22. The Hall–Kier alpha value is -0.720. The van der Waals surface area contributed by atoms with Gasteiger partial charge in [0.2, 0.25) is 0 Å². The van der Waals surface area contributed by atoms with Crippen molar-refractivity contribution in [2.24, 2.45) is 0 Å². The Morgan fingerprint density at radius 1 is 1.42 bits per heavy atom. The van der Waals surface area contributed by atoms with Crippen LogP contribution in [0.4, 0.5) is 0 Å². The zero-order chi connectivity index (χ0) is 8.81. The van der Waals surface area contributed by atoms with Crippen LogP contribution in [-0.4, -0.2) is 18.0 Å². The van der Waals surface area contributed by atoms with Crippen LogP contribution in [0.5, 0.6) is 0 Å². The summed E-state index contributed by atoms with van der Waals surface area (Å²) in [5.74, 6) is 0. The molecule has 0 bridgehead atoms. The topological polar surface area (TPSA) is 3.24 Å². The normalized spacial score (nSPS) is 16.5. The van der Waals surface area contributed by atoms with E-state index >= 15 is 0 Å². The Morgan fingerprint density at radius 2 is 2.25 bits per heavy atom. The number of hydrogen-bond donors (Lipinski definition) is 0. The van der Waals surface area contributed by atoms with Crippen LogP contribution in [0.15, 0.2) is 23.9 Å². The summed E-state index contributed by atoms with van der Waals surface area (Å²) >= 11 is 0. The van der Waals surface area contributed by atoms with Crippen LogP contribution in [0, 0.1) is 0 Å². The van der Waals surface area contributed by atoms with E-state index in [1.165, 1.54) is 19.3 Å². The van der Waals surface area contributed by atoms with Gasteiger partial charge in [-0.2, -0.15) is 0 Å². The van der Waals surface area contributed by atoms with Crippen molar-refractivity contribution in [2.45, 2.75) is 33.1 Å². The van der Waals surface area contributed by atoms with Crippen molar-refractivity contribution in [3.05, 3.63) is 23.9 Å². The number of nitrogens with zero attached hydrogens (tertiary/aromatic N) is 1. The molecule has 0 aliphatic carbocycles. The summed E-state index contributed by atoms with van der Waals surface area (Å²) in [7, 11) is 0. The van der Waals surface area contributed by atoms with Gasteiger partial charge in [0.05, 0.1) is 0 Å². The van der Waals surface area contributed by atoms with Gasteiger partial charge < -0.3 is 4.90 Å². The largest absolute Gasteiger partial charge is 0.374 e. The summed E-state index contributed by atoms with van der Waals surface area (Å²) < 4.78 is 0. The summed E-state index contributed by atoms with van der Waals surface area (Å²) in [6.45, 7) is 6.72. The molecule has 1 aliphatic heterocycles. The van der Waals surface area contributed by atoms with Crippen molar-refractivity contribution in [3.8, 4) is 0 Å². The van der Waals surface area contributed by atoms with Crippen LogP contribution in [0.25, 0.3) is 0 Å². The molecule has 0 aromatic heterocycles. The summed E-state index contributed by atoms with van der Waals surface area (Å²) in [6, 6.07) is 0. The van der Waals surface area contributed by atoms with Gasteiger partial charge in [0.1, 0.15) is 0 Å². The lowest BCUT2D eigenvalue weighted by molar-refractivity contribution is 0.417. The first kappa shape index (κ1) is 9.37. The van der Waals surface area contributed by atoms with Gasteiger partial charge in [-0.3, -0.25) is 0 Å². The number of rotatable bonds is 4. The molecule has 0 N–H and O–H groups in total. The van der Waals surface area contributed by atoms with E-state index in [1.54, 1.807) is 5.57 Å². The Morgan fingerprint density at radius 3 is 2.92 bits per heavy atom. The van der Waals surface area contributed by atoms with Crippen LogP contribution in [0.1, 0.15) is 33.1 Å². The molecule has 0 saturated heterocycles. The van der Waals surface area contributed by atoms with Crippen molar-refractivity contribution >= 4 is 0 Å². The number of unbranched alkanes of at least 4 members (excludes halogenated alkanes) is 1. The molecule has 12 heavy (non-hydrogen) atoms. The van der Waals surface area contributed by atoms with E-state index in [-0.39, 0.29) is 0 Å². The summed E-state index contributed by atoms with van der Waals surface area (Å²) in [5, 5.41) is 0. The first-order valence-electron chi connectivity index (χ1n) is 4.97. The molecular formula is C11H19N. The smallest absolute Gasteiger partial charge is 0.0386 e. The summed E-state index contributed by atoms with van der Waals surface area (Å²) in [5.41, 5.74) is 1.58. The van der Waals surface area contributed by atoms with Crippen molar-refractivity contribution < 1.29 is 0 Å². The molecule has 1 aliphatic rings. The zero-order valence-electron chi connectivity index (χ0n) is 8.21. The Bertz CT molecular complexity index is 179. The number of likely N-dealkylation sites (N-methyl/N-ethyl adjacent to an activating group) is 1. The lowest BCUT2D eigenvalue weighted by Crippen LogP contribution is -2.21. The van der Waals surface area contributed by atoms with E-state index in [4.69, 9.17) is 0 Å². The predicted octanol–water partition coefficient (Wildman–Crippen LogP) is 2.95. The third-order valence-corrected chi connectivity index (χ3v) is 2.29. The second kappa shape index (κ2) is 5.02. The molecule has 0 aromatic rings.